The molecule has 0 heterocycles. The van der Waals surface area contributed by atoms with Gasteiger partial charge in [0, 0.05) is 38.6 Å². The summed E-state index contributed by atoms with van der Waals surface area (Å²) in [6, 6.07) is 0.107. The van der Waals surface area contributed by atoms with Crippen molar-refractivity contribution < 1.29 is 14.7 Å². The Balaban J connectivity index is 4.11. The van der Waals surface area contributed by atoms with Crippen molar-refractivity contribution in [2.24, 2.45) is 10.9 Å². The third kappa shape index (κ3) is 7.11. The topological polar surface area (TPSA) is 88.2 Å². The van der Waals surface area contributed by atoms with E-state index in [2.05, 4.69) is 5.16 Å². The van der Waals surface area contributed by atoms with Crippen molar-refractivity contribution in [3.8, 4) is 0 Å². The standard InChI is InChI=1S/C12H25N3O3/c1-4-18-9-5-6-12(16)15(10(2)3)8-7-11(13)14-17/h10,17H,4-9H2,1-3H3,(H2,13,14). The van der Waals surface area contributed by atoms with Crippen LogP contribution in [0.15, 0.2) is 5.16 Å². The lowest BCUT2D eigenvalue weighted by Gasteiger charge is -2.26. The SMILES string of the molecule is CCOCCCC(=O)N(CCC(N)=NO)C(C)C. The predicted octanol–water partition coefficient (Wildman–Crippen LogP) is 1.18. The van der Waals surface area contributed by atoms with Gasteiger partial charge in [-0.1, -0.05) is 5.16 Å². The van der Waals surface area contributed by atoms with Crippen LogP contribution in [0.2, 0.25) is 0 Å². The first-order chi connectivity index (χ1) is 8.52. The van der Waals surface area contributed by atoms with Crippen molar-refractivity contribution in [1.82, 2.24) is 4.90 Å². The maximum Gasteiger partial charge on any atom is 0.222 e. The highest BCUT2D eigenvalue weighted by atomic mass is 16.5. The summed E-state index contributed by atoms with van der Waals surface area (Å²) in [5.74, 6) is 0.221. The van der Waals surface area contributed by atoms with Gasteiger partial charge in [-0.05, 0) is 27.2 Å². The molecule has 106 valence electrons. The molecule has 0 saturated carbocycles. The Morgan fingerprint density at radius 2 is 2.11 bits per heavy atom. The molecule has 0 aliphatic heterocycles. The first kappa shape index (κ1) is 16.7. The van der Waals surface area contributed by atoms with E-state index in [0.717, 1.165) is 6.42 Å². The maximum absolute atomic E-state index is 12.0. The second kappa shape index (κ2) is 9.70. The Hall–Kier alpha value is -1.30. The number of nitrogens with zero attached hydrogens (tertiary/aromatic N) is 2. The Labute approximate surface area is 109 Å². The monoisotopic (exact) mass is 259 g/mol. The number of carbonyl (C=O) groups excluding carboxylic acids is 1. The van der Waals surface area contributed by atoms with Gasteiger partial charge in [0.05, 0.1) is 0 Å². The number of amidine groups is 1. The van der Waals surface area contributed by atoms with E-state index in [1.165, 1.54) is 0 Å². The molecule has 6 nitrogen and oxygen atoms in total. The van der Waals surface area contributed by atoms with Crippen LogP contribution in [-0.2, 0) is 9.53 Å². The molecule has 0 fully saturated rings. The van der Waals surface area contributed by atoms with Gasteiger partial charge < -0.3 is 20.6 Å². The lowest BCUT2D eigenvalue weighted by atomic mass is 10.2. The minimum atomic E-state index is 0.0791. The van der Waals surface area contributed by atoms with Crippen molar-refractivity contribution in [3.63, 3.8) is 0 Å². The Morgan fingerprint density at radius 3 is 2.61 bits per heavy atom. The summed E-state index contributed by atoms with van der Waals surface area (Å²) >= 11 is 0. The first-order valence-corrected chi connectivity index (χ1v) is 6.36. The summed E-state index contributed by atoms with van der Waals surface area (Å²) in [5.41, 5.74) is 5.40. The van der Waals surface area contributed by atoms with Crippen LogP contribution in [0.4, 0.5) is 0 Å². The van der Waals surface area contributed by atoms with Crippen molar-refractivity contribution >= 4 is 11.7 Å². The molecule has 0 spiro atoms. The second-order valence-electron chi connectivity index (χ2n) is 4.32. The Kier molecular flexibility index (Phi) is 9.00. The highest BCUT2D eigenvalue weighted by molar-refractivity contribution is 5.81. The third-order valence-electron chi connectivity index (χ3n) is 2.56. The van der Waals surface area contributed by atoms with Crippen LogP contribution in [0, 0.1) is 0 Å². The molecule has 0 aromatic heterocycles. The van der Waals surface area contributed by atoms with E-state index in [1.54, 1.807) is 4.90 Å². The van der Waals surface area contributed by atoms with Gasteiger partial charge in [-0.25, -0.2) is 0 Å². The molecular formula is C12H25N3O3. The molecule has 0 unspecified atom stereocenters. The van der Waals surface area contributed by atoms with Gasteiger partial charge in [-0.3, -0.25) is 4.79 Å². The smallest absolute Gasteiger partial charge is 0.222 e. The fourth-order valence-corrected chi connectivity index (χ4v) is 1.57. The molecule has 0 saturated heterocycles. The summed E-state index contributed by atoms with van der Waals surface area (Å²) < 4.78 is 5.20. The summed E-state index contributed by atoms with van der Waals surface area (Å²) in [4.78, 5) is 13.7. The number of amides is 1. The van der Waals surface area contributed by atoms with Gasteiger partial charge in [0.1, 0.15) is 5.84 Å². The average molecular weight is 259 g/mol. The maximum atomic E-state index is 12.0. The summed E-state index contributed by atoms with van der Waals surface area (Å²) in [6.07, 6.45) is 1.57. The van der Waals surface area contributed by atoms with Gasteiger partial charge in [-0.2, -0.15) is 0 Å². The number of hydrogen-bond acceptors (Lipinski definition) is 4. The van der Waals surface area contributed by atoms with Crippen molar-refractivity contribution in [2.75, 3.05) is 19.8 Å². The van der Waals surface area contributed by atoms with Gasteiger partial charge in [-0.15, -0.1) is 0 Å². The lowest BCUT2D eigenvalue weighted by molar-refractivity contribution is -0.133. The molecule has 3 N–H and O–H groups in total. The lowest BCUT2D eigenvalue weighted by Crippen LogP contribution is -2.39. The molecule has 0 aromatic carbocycles. The van der Waals surface area contributed by atoms with Crippen LogP contribution in [0.25, 0.3) is 0 Å². The van der Waals surface area contributed by atoms with E-state index < -0.39 is 0 Å². The molecule has 0 atom stereocenters. The molecular weight excluding hydrogens is 234 g/mol. The van der Waals surface area contributed by atoms with Crippen LogP contribution in [-0.4, -0.2) is 47.7 Å². The van der Waals surface area contributed by atoms with Gasteiger partial charge in [0.25, 0.3) is 0 Å². The van der Waals surface area contributed by atoms with Crippen LogP contribution in [0.1, 0.15) is 40.0 Å². The quantitative estimate of drug-likeness (QED) is 0.214. The molecule has 6 heteroatoms. The zero-order valence-electron chi connectivity index (χ0n) is 11.6. The predicted molar refractivity (Wildman–Crippen MR) is 70.6 cm³/mol. The zero-order valence-corrected chi connectivity index (χ0v) is 11.6. The number of rotatable bonds is 9. The molecule has 0 aliphatic carbocycles. The molecule has 0 aromatic rings. The highest BCUT2D eigenvalue weighted by Gasteiger charge is 2.16. The molecule has 0 radical (unpaired) electrons. The molecule has 18 heavy (non-hydrogen) atoms. The van der Waals surface area contributed by atoms with Crippen molar-refractivity contribution in [3.05, 3.63) is 0 Å². The van der Waals surface area contributed by atoms with E-state index >= 15 is 0 Å². The largest absolute Gasteiger partial charge is 0.409 e. The summed E-state index contributed by atoms with van der Waals surface area (Å²) in [6.45, 7) is 7.58. The van der Waals surface area contributed by atoms with E-state index in [0.29, 0.717) is 32.6 Å². The van der Waals surface area contributed by atoms with E-state index in [9.17, 15) is 4.79 Å². The second-order valence-corrected chi connectivity index (χ2v) is 4.32. The number of nitrogens with two attached hydrogens (primary N) is 1. The van der Waals surface area contributed by atoms with Crippen LogP contribution < -0.4 is 5.73 Å². The van der Waals surface area contributed by atoms with E-state index in [-0.39, 0.29) is 17.8 Å². The number of hydrogen-bond donors (Lipinski definition) is 2. The molecule has 1 amide bonds. The summed E-state index contributed by atoms with van der Waals surface area (Å²) in [5, 5.41) is 11.4. The van der Waals surface area contributed by atoms with Gasteiger partial charge in [0.2, 0.25) is 5.91 Å². The average Bonchev–Trinajstić information content (AvgIpc) is 2.34. The molecule has 0 rings (SSSR count). The zero-order chi connectivity index (χ0) is 14.0. The Morgan fingerprint density at radius 1 is 1.44 bits per heavy atom. The van der Waals surface area contributed by atoms with E-state index in [1.807, 2.05) is 20.8 Å². The van der Waals surface area contributed by atoms with Crippen molar-refractivity contribution in [1.29, 1.82) is 0 Å². The number of ether oxygens (including phenoxy) is 1. The van der Waals surface area contributed by atoms with Crippen LogP contribution >= 0.6 is 0 Å². The normalized spacial score (nSPS) is 11.9. The molecule has 0 aliphatic rings. The van der Waals surface area contributed by atoms with Crippen molar-refractivity contribution in [2.45, 2.75) is 46.1 Å². The first-order valence-electron chi connectivity index (χ1n) is 6.36. The fourth-order valence-electron chi connectivity index (χ4n) is 1.57. The third-order valence-corrected chi connectivity index (χ3v) is 2.56. The summed E-state index contributed by atoms with van der Waals surface area (Å²) in [7, 11) is 0. The minimum Gasteiger partial charge on any atom is -0.409 e. The minimum absolute atomic E-state index is 0.0791. The van der Waals surface area contributed by atoms with Gasteiger partial charge >= 0.3 is 0 Å². The number of oxime groups is 1. The fraction of sp³-hybridized carbons (Fsp3) is 0.833. The highest BCUT2D eigenvalue weighted by Crippen LogP contribution is 2.05. The van der Waals surface area contributed by atoms with Crippen LogP contribution in [0.5, 0.6) is 0 Å². The van der Waals surface area contributed by atoms with Gasteiger partial charge in [0.15, 0.2) is 0 Å². The van der Waals surface area contributed by atoms with E-state index in [4.69, 9.17) is 15.7 Å². The Bertz CT molecular complexity index is 267. The van der Waals surface area contributed by atoms with Crippen LogP contribution in [0.3, 0.4) is 0 Å². The molecule has 0 bridgehead atoms. The number of carbonyl (C=O) groups is 1.